The van der Waals surface area contributed by atoms with E-state index in [0.29, 0.717) is 23.1 Å². The van der Waals surface area contributed by atoms with Crippen molar-refractivity contribution in [2.75, 3.05) is 58.2 Å². The molecule has 73 heavy (non-hydrogen) atoms. The number of nitrogens with two attached hydrogens (primary N) is 1. The van der Waals surface area contributed by atoms with Gasteiger partial charge >= 0.3 is 0 Å². The van der Waals surface area contributed by atoms with Gasteiger partial charge < -0.3 is 45.2 Å². The first-order valence-corrected chi connectivity index (χ1v) is 24.2. The number of hydrogen-bond donors (Lipinski definition) is 4. The van der Waals surface area contributed by atoms with Gasteiger partial charge in [0.15, 0.2) is 0 Å². The van der Waals surface area contributed by atoms with Crippen molar-refractivity contribution in [2.24, 2.45) is 5.41 Å². The summed E-state index contributed by atoms with van der Waals surface area (Å²) in [7, 11) is 3.00. The van der Waals surface area contributed by atoms with Gasteiger partial charge in [-0.2, -0.15) is 10.2 Å². The van der Waals surface area contributed by atoms with Gasteiger partial charge in [-0.15, -0.1) is 0 Å². The summed E-state index contributed by atoms with van der Waals surface area (Å²) in [6.45, 7) is 11.0. The number of nitrogens with zero attached hydrogens (tertiary/aromatic N) is 5. The monoisotopic (exact) mass is 1060 g/mol. The van der Waals surface area contributed by atoms with Crippen LogP contribution >= 0.6 is 34.8 Å². The van der Waals surface area contributed by atoms with Gasteiger partial charge in [0.2, 0.25) is 11.9 Å². The fourth-order valence-electron chi connectivity index (χ4n) is 9.28. The predicted molar refractivity (Wildman–Crippen MR) is 276 cm³/mol. The molecule has 1 aliphatic rings. The van der Waals surface area contributed by atoms with Crippen LogP contribution in [0, 0.1) is 54.1 Å². The van der Waals surface area contributed by atoms with E-state index in [1.54, 1.807) is 13.3 Å². The Kier molecular flexibility index (Phi) is 17.2. The molecule has 1 fully saturated rings. The van der Waals surface area contributed by atoms with Crippen LogP contribution in [0.15, 0.2) is 67.0 Å². The van der Waals surface area contributed by atoms with Crippen molar-refractivity contribution in [3.8, 4) is 29.4 Å². The van der Waals surface area contributed by atoms with Gasteiger partial charge in [0.25, 0.3) is 5.91 Å². The highest BCUT2D eigenvalue weighted by Gasteiger charge is 2.61. The molecule has 7 rings (SSSR count). The number of nitrogens with one attached hydrogen (secondary N) is 3. The summed E-state index contributed by atoms with van der Waals surface area (Å²) >= 11 is 19.0. The van der Waals surface area contributed by atoms with Crippen molar-refractivity contribution in [3.63, 3.8) is 0 Å². The van der Waals surface area contributed by atoms with Crippen LogP contribution in [0.4, 0.5) is 20.4 Å². The van der Waals surface area contributed by atoms with Crippen LogP contribution in [0.3, 0.4) is 0 Å². The molecule has 382 valence electrons. The predicted octanol–water partition coefficient (Wildman–Crippen LogP) is 9.10. The molecule has 4 heterocycles. The van der Waals surface area contributed by atoms with E-state index in [-0.39, 0.29) is 88.7 Å². The second-order valence-electron chi connectivity index (χ2n) is 18.6. The number of rotatable bonds is 17. The first-order valence-electron chi connectivity index (χ1n) is 23.1. The molecule has 0 bridgehead atoms. The van der Waals surface area contributed by atoms with Gasteiger partial charge in [-0.25, -0.2) is 13.8 Å². The van der Waals surface area contributed by atoms with Crippen LogP contribution in [0.1, 0.15) is 77.0 Å². The highest BCUT2D eigenvalue weighted by Crippen LogP contribution is 2.53. The molecule has 20 heteroatoms. The zero-order valence-electron chi connectivity index (χ0n) is 41.2. The van der Waals surface area contributed by atoms with E-state index in [1.807, 2.05) is 45.4 Å². The maximum absolute atomic E-state index is 16.2. The summed E-state index contributed by atoms with van der Waals surface area (Å²) in [5.41, 5.74) is 7.71. The summed E-state index contributed by atoms with van der Waals surface area (Å²) in [5.74, 6) is 3.00. The molecule has 4 atom stereocenters. The lowest BCUT2D eigenvalue weighted by atomic mass is 9.62. The number of anilines is 2. The van der Waals surface area contributed by atoms with E-state index < -0.39 is 52.3 Å². The number of nitrogen functional groups attached to an aromatic ring is 1. The second-order valence-corrected chi connectivity index (χ2v) is 19.8. The molecule has 0 radical (unpaired) electrons. The largest absolute Gasteiger partial charge is 0.496 e. The van der Waals surface area contributed by atoms with Gasteiger partial charge in [-0.3, -0.25) is 14.6 Å². The third-order valence-corrected chi connectivity index (χ3v) is 13.3. The number of carbonyl (C=O) groups is 2. The zero-order valence-corrected chi connectivity index (χ0v) is 43.5. The summed E-state index contributed by atoms with van der Waals surface area (Å²) in [6.07, 6.45) is 3.87. The van der Waals surface area contributed by atoms with Crippen LogP contribution in [0.5, 0.6) is 11.5 Å². The first-order chi connectivity index (χ1) is 34.8. The number of aryl methyl sites for hydroxylation is 1. The first kappa shape index (κ1) is 54.2. The number of carbonyl (C=O) groups excluding carboxylic acids is 2. The lowest BCUT2D eigenvalue weighted by Gasteiger charge is -2.37. The number of ether oxygens (including phenoxy) is 4. The number of nitriles is 1. The number of pyridine rings is 1. The standard InChI is InChI=1S/C53H54Cl3F2N9O6/c1-29-25-62-39(30(2)46(29)71-7)27-67-26-32(42-47(56)65-51(60)66-48(42)67)10-9-18-72-20-21-73-19-17-61-49(68)31-13-16-38(40(22-31)70-6)63-50(69)45-43(34-11-8-12-36(55)44(34)58)53(28-59,41(64-45)24-52(3,4)5)35-15-14-33(54)23-37(35)57/h8,11-16,22-23,25-26,41,43,45,64H,17-21,24,27H2,1-7H3,(H,61,68)(H,63,69)(H2,60,65,66). The van der Waals surface area contributed by atoms with Crippen LogP contribution in [0.25, 0.3) is 11.0 Å². The molecule has 6 aromatic rings. The van der Waals surface area contributed by atoms with Crippen molar-refractivity contribution >= 4 is 69.3 Å². The Morgan fingerprint density at radius 1 is 1.00 bits per heavy atom. The molecule has 3 aromatic carbocycles. The maximum Gasteiger partial charge on any atom is 0.251 e. The average molecular weight is 1060 g/mol. The smallest absolute Gasteiger partial charge is 0.251 e. The molecule has 1 aliphatic heterocycles. The average Bonchev–Trinajstić information content (AvgIpc) is 3.85. The highest BCUT2D eigenvalue weighted by atomic mass is 35.5. The van der Waals surface area contributed by atoms with E-state index in [9.17, 15) is 14.9 Å². The highest BCUT2D eigenvalue weighted by molar-refractivity contribution is 6.34. The number of hydrogen-bond acceptors (Lipinski definition) is 12. The van der Waals surface area contributed by atoms with Crippen LogP contribution in [-0.2, 0) is 26.2 Å². The fourth-order valence-corrected chi connectivity index (χ4v) is 9.90. The summed E-state index contributed by atoms with van der Waals surface area (Å²) in [5, 5.41) is 20.7. The lowest BCUT2D eigenvalue weighted by molar-refractivity contribution is -0.118. The molecule has 3 aromatic heterocycles. The Morgan fingerprint density at radius 3 is 2.48 bits per heavy atom. The summed E-state index contributed by atoms with van der Waals surface area (Å²) in [4.78, 5) is 40.9. The van der Waals surface area contributed by atoms with Crippen LogP contribution in [0.2, 0.25) is 15.2 Å². The normalized spacial score (nSPS) is 17.4. The molecular formula is C53H54Cl3F2N9O6. The fraction of sp³-hybridized carbons (Fsp3) is 0.358. The Bertz CT molecular complexity index is 3170. The molecule has 2 amide bonds. The maximum atomic E-state index is 16.2. The molecular weight excluding hydrogens is 1000 g/mol. The second kappa shape index (κ2) is 23.1. The van der Waals surface area contributed by atoms with Gasteiger partial charge in [-0.05, 0) is 67.6 Å². The summed E-state index contributed by atoms with van der Waals surface area (Å²) in [6, 6.07) is 12.9. The zero-order chi connectivity index (χ0) is 52.8. The van der Waals surface area contributed by atoms with Crippen LogP contribution < -0.4 is 31.2 Å². The van der Waals surface area contributed by atoms with E-state index in [0.717, 1.165) is 28.6 Å². The van der Waals surface area contributed by atoms with E-state index in [2.05, 4.69) is 48.8 Å². The third kappa shape index (κ3) is 11.8. The van der Waals surface area contributed by atoms with E-state index in [1.165, 1.54) is 55.6 Å². The minimum atomic E-state index is -1.82. The van der Waals surface area contributed by atoms with Gasteiger partial charge in [0.1, 0.15) is 46.0 Å². The Hall–Kier alpha value is -6.57. The van der Waals surface area contributed by atoms with Gasteiger partial charge in [-0.1, -0.05) is 85.6 Å². The molecule has 0 aliphatic carbocycles. The molecule has 4 unspecified atom stereocenters. The minimum Gasteiger partial charge on any atom is -0.496 e. The number of aromatic nitrogens is 4. The van der Waals surface area contributed by atoms with Crippen molar-refractivity contribution in [2.45, 2.75) is 71.0 Å². The molecule has 1 saturated heterocycles. The van der Waals surface area contributed by atoms with E-state index in [4.69, 9.17) is 59.5 Å². The molecule has 0 spiro atoms. The van der Waals surface area contributed by atoms with Gasteiger partial charge in [0, 0.05) is 58.2 Å². The van der Waals surface area contributed by atoms with E-state index >= 15 is 8.78 Å². The van der Waals surface area contributed by atoms with Crippen molar-refractivity contribution in [1.29, 1.82) is 5.26 Å². The lowest BCUT2D eigenvalue weighted by Crippen LogP contribution is -2.45. The topological polar surface area (TPSA) is 201 Å². The van der Waals surface area contributed by atoms with Crippen molar-refractivity contribution in [3.05, 3.63) is 133 Å². The molecule has 0 saturated carbocycles. The molecule has 15 nitrogen and oxygen atoms in total. The number of amides is 2. The SMILES string of the molecule is COc1cc(C(=O)NCCOCCOCC#Cc2cn(Cc3ncc(C)c(OC)c3C)c3nc(N)nc(Cl)c23)ccc1NC(=O)C1NC(CC(C)(C)C)C(C#N)(c2ccc(Cl)cc2F)C1c1cccc(Cl)c1F. The van der Waals surface area contributed by atoms with Crippen molar-refractivity contribution in [1.82, 2.24) is 30.2 Å². The minimum absolute atomic E-state index is 0.0270. The van der Waals surface area contributed by atoms with Gasteiger partial charge in [0.05, 0.1) is 80.0 Å². The third-order valence-electron chi connectivity index (χ3n) is 12.5. The van der Waals surface area contributed by atoms with Crippen LogP contribution in [-0.4, -0.2) is 90.6 Å². The quantitative estimate of drug-likeness (QED) is 0.0384. The molecule has 5 N–H and O–H groups in total. The van der Waals surface area contributed by atoms with Crippen molar-refractivity contribution < 1.29 is 37.3 Å². The number of methoxy groups -OCH3 is 2. The summed E-state index contributed by atoms with van der Waals surface area (Å²) < 4.78 is 56.6. The Labute approximate surface area is 437 Å². The Morgan fingerprint density at radius 2 is 1.77 bits per heavy atom. The Balaban J connectivity index is 0.955. The number of halogens is 5. The number of fused-ring (bicyclic) bond motifs is 1. The number of benzene rings is 3.